The average Bonchev–Trinajstić information content (AvgIpc) is 2.33. The molecule has 18 heavy (non-hydrogen) atoms. The highest BCUT2D eigenvalue weighted by atomic mass is 14.8. The van der Waals surface area contributed by atoms with Crippen molar-refractivity contribution >= 4 is 0 Å². The molecule has 0 aliphatic carbocycles. The van der Waals surface area contributed by atoms with Gasteiger partial charge in [0.25, 0.3) is 0 Å². The van der Waals surface area contributed by atoms with E-state index < -0.39 is 0 Å². The molecule has 1 aromatic rings. The van der Waals surface area contributed by atoms with Crippen LogP contribution in [0.2, 0.25) is 0 Å². The maximum absolute atomic E-state index is 9.21. The summed E-state index contributed by atoms with van der Waals surface area (Å²) in [5.74, 6) is 0. The van der Waals surface area contributed by atoms with Gasteiger partial charge in [-0.15, -0.1) is 0 Å². The standard InChI is InChI=1S/C15H23N3/c1-5-6-7-17-10-12-8-13(9-16)14(18-11-12)15(2,3)4/h8,11,17H,5-7,10H2,1-4H3. The van der Waals surface area contributed by atoms with Gasteiger partial charge in [-0.2, -0.15) is 5.26 Å². The molecule has 0 saturated carbocycles. The lowest BCUT2D eigenvalue weighted by Crippen LogP contribution is -2.18. The lowest BCUT2D eigenvalue weighted by Gasteiger charge is -2.19. The number of pyridine rings is 1. The summed E-state index contributed by atoms with van der Waals surface area (Å²) in [4.78, 5) is 4.46. The van der Waals surface area contributed by atoms with Crippen molar-refractivity contribution in [2.75, 3.05) is 6.54 Å². The fourth-order valence-corrected chi connectivity index (χ4v) is 1.82. The molecule has 98 valence electrons. The molecule has 0 atom stereocenters. The minimum absolute atomic E-state index is 0.0841. The van der Waals surface area contributed by atoms with Gasteiger partial charge in [-0.3, -0.25) is 4.98 Å². The Morgan fingerprint density at radius 3 is 2.67 bits per heavy atom. The Morgan fingerprint density at radius 2 is 2.11 bits per heavy atom. The van der Waals surface area contributed by atoms with Crippen molar-refractivity contribution in [2.24, 2.45) is 0 Å². The Bertz CT molecular complexity index is 424. The van der Waals surface area contributed by atoms with Crippen LogP contribution in [0.4, 0.5) is 0 Å². The molecular weight excluding hydrogens is 222 g/mol. The SMILES string of the molecule is CCCCNCc1cnc(C(C)(C)C)c(C#N)c1. The normalized spacial score (nSPS) is 11.3. The van der Waals surface area contributed by atoms with E-state index in [2.05, 4.69) is 44.1 Å². The second-order valence-electron chi connectivity index (χ2n) is 5.63. The molecule has 0 unspecified atom stereocenters. The number of nitriles is 1. The smallest absolute Gasteiger partial charge is 0.101 e. The lowest BCUT2D eigenvalue weighted by molar-refractivity contribution is 0.565. The van der Waals surface area contributed by atoms with Gasteiger partial charge in [-0.1, -0.05) is 34.1 Å². The zero-order valence-corrected chi connectivity index (χ0v) is 11.9. The average molecular weight is 245 g/mol. The summed E-state index contributed by atoms with van der Waals surface area (Å²) in [6.07, 6.45) is 4.25. The maximum Gasteiger partial charge on any atom is 0.101 e. The highest BCUT2D eigenvalue weighted by Gasteiger charge is 2.19. The van der Waals surface area contributed by atoms with Crippen molar-refractivity contribution in [2.45, 2.75) is 52.5 Å². The van der Waals surface area contributed by atoms with E-state index in [1.54, 1.807) is 0 Å². The molecule has 0 aromatic carbocycles. The molecule has 0 radical (unpaired) electrons. The van der Waals surface area contributed by atoms with Crippen LogP contribution >= 0.6 is 0 Å². The highest BCUT2D eigenvalue weighted by Crippen LogP contribution is 2.23. The van der Waals surface area contributed by atoms with E-state index in [0.29, 0.717) is 5.56 Å². The van der Waals surface area contributed by atoms with Crippen LogP contribution < -0.4 is 5.32 Å². The van der Waals surface area contributed by atoms with Crippen LogP contribution in [0.3, 0.4) is 0 Å². The largest absolute Gasteiger partial charge is 0.313 e. The number of hydrogen-bond donors (Lipinski definition) is 1. The van der Waals surface area contributed by atoms with E-state index in [0.717, 1.165) is 24.3 Å². The van der Waals surface area contributed by atoms with Gasteiger partial charge in [0.15, 0.2) is 0 Å². The Labute approximate surface area is 110 Å². The summed E-state index contributed by atoms with van der Waals surface area (Å²) in [6, 6.07) is 4.20. The fraction of sp³-hybridized carbons (Fsp3) is 0.600. The first kappa shape index (κ1) is 14.7. The number of nitrogens with one attached hydrogen (secondary N) is 1. The second kappa shape index (κ2) is 6.51. The minimum Gasteiger partial charge on any atom is -0.313 e. The predicted octanol–water partition coefficient (Wildman–Crippen LogP) is 3.14. The quantitative estimate of drug-likeness (QED) is 0.811. The topological polar surface area (TPSA) is 48.7 Å². The zero-order valence-electron chi connectivity index (χ0n) is 11.9. The first-order valence-corrected chi connectivity index (χ1v) is 6.59. The van der Waals surface area contributed by atoms with E-state index >= 15 is 0 Å². The van der Waals surface area contributed by atoms with Crippen LogP contribution in [0.15, 0.2) is 12.3 Å². The molecule has 0 bridgehead atoms. The van der Waals surface area contributed by atoms with Gasteiger partial charge < -0.3 is 5.32 Å². The van der Waals surface area contributed by atoms with Crippen molar-refractivity contribution in [3.63, 3.8) is 0 Å². The first-order valence-electron chi connectivity index (χ1n) is 6.59. The number of nitrogens with zero attached hydrogens (tertiary/aromatic N) is 2. The second-order valence-corrected chi connectivity index (χ2v) is 5.63. The van der Waals surface area contributed by atoms with Crippen LogP contribution in [0.25, 0.3) is 0 Å². The van der Waals surface area contributed by atoms with E-state index in [1.165, 1.54) is 12.8 Å². The third kappa shape index (κ3) is 4.12. The number of unbranched alkanes of at least 4 members (excludes halogenated alkanes) is 1. The Balaban J connectivity index is 2.77. The van der Waals surface area contributed by atoms with Gasteiger partial charge in [0.1, 0.15) is 6.07 Å². The fourth-order valence-electron chi connectivity index (χ4n) is 1.82. The summed E-state index contributed by atoms with van der Waals surface area (Å²) in [6.45, 7) is 10.2. The predicted molar refractivity (Wildman–Crippen MR) is 74.3 cm³/mol. The molecule has 0 aliphatic heterocycles. The van der Waals surface area contributed by atoms with Crippen molar-refractivity contribution in [3.05, 3.63) is 29.1 Å². The monoisotopic (exact) mass is 245 g/mol. The molecule has 0 fully saturated rings. The van der Waals surface area contributed by atoms with Crippen LogP contribution in [-0.4, -0.2) is 11.5 Å². The van der Waals surface area contributed by atoms with Crippen molar-refractivity contribution < 1.29 is 0 Å². The molecule has 1 heterocycles. The third-order valence-electron chi connectivity index (χ3n) is 2.81. The molecule has 0 aliphatic rings. The number of rotatable bonds is 5. The van der Waals surface area contributed by atoms with Crippen LogP contribution in [0, 0.1) is 11.3 Å². The summed E-state index contributed by atoms with van der Waals surface area (Å²) in [7, 11) is 0. The molecule has 1 aromatic heterocycles. The maximum atomic E-state index is 9.21. The Hall–Kier alpha value is -1.40. The molecule has 0 saturated heterocycles. The number of aromatic nitrogens is 1. The first-order chi connectivity index (χ1) is 8.49. The third-order valence-corrected chi connectivity index (χ3v) is 2.81. The lowest BCUT2D eigenvalue weighted by atomic mass is 9.88. The van der Waals surface area contributed by atoms with Crippen LogP contribution in [0.5, 0.6) is 0 Å². The van der Waals surface area contributed by atoms with Crippen molar-refractivity contribution in [3.8, 4) is 6.07 Å². The van der Waals surface area contributed by atoms with Gasteiger partial charge in [-0.05, 0) is 24.6 Å². The Kier molecular flexibility index (Phi) is 5.30. The molecule has 0 spiro atoms. The van der Waals surface area contributed by atoms with Crippen LogP contribution in [0.1, 0.15) is 57.4 Å². The minimum atomic E-state index is -0.0841. The van der Waals surface area contributed by atoms with Gasteiger partial charge >= 0.3 is 0 Å². The molecular formula is C15H23N3. The van der Waals surface area contributed by atoms with Crippen molar-refractivity contribution in [1.29, 1.82) is 5.26 Å². The summed E-state index contributed by atoms with van der Waals surface area (Å²) in [5, 5.41) is 12.6. The van der Waals surface area contributed by atoms with Gasteiger partial charge in [0.2, 0.25) is 0 Å². The summed E-state index contributed by atoms with van der Waals surface area (Å²) < 4.78 is 0. The summed E-state index contributed by atoms with van der Waals surface area (Å²) in [5.41, 5.74) is 2.56. The molecule has 3 heteroatoms. The Morgan fingerprint density at radius 1 is 1.39 bits per heavy atom. The molecule has 1 rings (SSSR count). The van der Waals surface area contributed by atoms with Gasteiger partial charge in [0, 0.05) is 18.2 Å². The highest BCUT2D eigenvalue weighted by molar-refractivity contribution is 5.39. The number of hydrogen-bond acceptors (Lipinski definition) is 3. The molecule has 0 amide bonds. The van der Waals surface area contributed by atoms with Crippen LogP contribution in [-0.2, 0) is 12.0 Å². The van der Waals surface area contributed by atoms with E-state index in [9.17, 15) is 5.26 Å². The molecule has 3 nitrogen and oxygen atoms in total. The van der Waals surface area contributed by atoms with Gasteiger partial charge in [-0.25, -0.2) is 0 Å². The molecule has 1 N–H and O–H groups in total. The van der Waals surface area contributed by atoms with E-state index in [4.69, 9.17) is 0 Å². The van der Waals surface area contributed by atoms with E-state index in [-0.39, 0.29) is 5.41 Å². The summed E-state index contributed by atoms with van der Waals surface area (Å²) >= 11 is 0. The van der Waals surface area contributed by atoms with Gasteiger partial charge in [0.05, 0.1) is 11.3 Å². The van der Waals surface area contributed by atoms with E-state index in [1.807, 2.05) is 12.3 Å². The van der Waals surface area contributed by atoms with Crippen molar-refractivity contribution in [1.82, 2.24) is 10.3 Å². The zero-order chi connectivity index (χ0) is 13.6.